The van der Waals surface area contributed by atoms with Gasteiger partial charge in [0.1, 0.15) is 6.54 Å². The van der Waals surface area contributed by atoms with Gasteiger partial charge in [-0.25, -0.2) is 0 Å². The van der Waals surface area contributed by atoms with Crippen molar-refractivity contribution in [3.63, 3.8) is 0 Å². The Kier molecular flexibility index (Phi) is 8.54. The van der Waals surface area contributed by atoms with Crippen LogP contribution in [-0.2, 0) is 4.79 Å². The number of carbonyl (C=O) groups excluding carboxylic acids is 2. The summed E-state index contributed by atoms with van der Waals surface area (Å²) in [4.78, 5) is 30.1. The van der Waals surface area contributed by atoms with Gasteiger partial charge in [0.05, 0.1) is 21.3 Å². The molecule has 3 rings (SSSR count). The molecule has 1 saturated heterocycles. The van der Waals surface area contributed by atoms with Gasteiger partial charge in [0.15, 0.2) is 11.5 Å². The van der Waals surface area contributed by atoms with E-state index in [9.17, 15) is 9.59 Å². The predicted octanol–water partition coefficient (Wildman–Crippen LogP) is 2.39. The zero-order chi connectivity index (χ0) is 23.8. The Labute approximate surface area is 195 Å². The third-order valence-corrected chi connectivity index (χ3v) is 5.86. The largest absolute Gasteiger partial charge is 0.493 e. The molecule has 33 heavy (non-hydrogen) atoms. The zero-order valence-corrected chi connectivity index (χ0v) is 19.8. The molecule has 0 saturated carbocycles. The fraction of sp³-hybridized carbons (Fsp3) is 0.440. The number of hydrogen-bond acceptors (Lipinski definition) is 6. The molecule has 0 radical (unpaired) electrons. The van der Waals surface area contributed by atoms with E-state index < -0.39 is 0 Å². The number of nitrogens with one attached hydrogen (secondary N) is 1. The van der Waals surface area contributed by atoms with Gasteiger partial charge in [0.2, 0.25) is 11.7 Å². The van der Waals surface area contributed by atoms with E-state index in [1.807, 2.05) is 30.3 Å². The van der Waals surface area contributed by atoms with Crippen LogP contribution in [0.4, 0.5) is 0 Å². The molecule has 8 heteroatoms. The molecule has 0 aromatic heterocycles. The second-order valence-corrected chi connectivity index (χ2v) is 8.04. The minimum Gasteiger partial charge on any atom is -0.493 e. The Balaban J connectivity index is 1.90. The molecule has 1 aliphatic heterocycles. The molecule has 2 aromatic carbocycles. The molecule has 178 valence electrons. The Morgan fingerprint density at radius 3 is 2.15 bits per heavy atom. The topological polar surface area (TPSA) is 80.3 Å². The summed E-state index contributed by atoms with van der Waals surface area (Å²) in [6, 6.07) is 13.2. The summed E-state index contributed by atoms with van der Waals surface area (Å²) in [5.74, 6) is 0.929. The fourth-order valence-electron chi connectivity index (χ4n) is 4.00. The maximum absolute atomic E-state index is 13.7. The standard InChI is InChI=1S/C25H33N3O5/c1-18(19-8-6-5-7-9-19)16-28(17-23(29)27-12-10-26-11-13-27)25(30)20-14-21(31-2)24(33-4)22(15-20)32-3/h5-9,14-15,18,26H,10-13,16-17H2,1-4H3/t18-/m0/s1. The maximum Gasteiger partial charge on any atom is 0.254 e. The summed E-state index contributed by atoms with van der Waals surface area (Å²) in [5, 5.41) is 3.25. The Hall–Kier alpha value is -3.26. The highest BCUT2D eigenvalue weighted by atomic mass is 16.5. The summed E-state index contributed by atoms with van der Waals surface area (Å²) in [7, 11) is 4.53. The Morgan fingerprint density at radius 1 is 1.00 bits per heavy atom. The number of ether oxygens (including phenoxy) is 3. The highest BCUT2D eigenvalue weighted by Crippen LogP contribution is 2.38. The van der Waals surface area contributed by atoms with E-state index in [4.69, 9.17) is 14.2 Å². The number of hydrogen-bond donors (Lipinski definition) is 1. The second kappa shape index (κ2) is 11.6. The third kappa shape index (κ3) is 5.96. The average molecular weight is 456 g/mol. The van der Waals surface area contributed by atoms with E-state index in [0.29, 0.717) is 42.4 Å². The third-order valence-electron chi connectivity index (χ3n) is 5.86. The number of methoxy groups -OCH3 is 3. The van der Waals surface area contributed by atoms with Gasteiger partial charge in [-0.15, -0.1) is 0 Å². The number of piperazine rings is 1. The molecule has 0 spiro atoms. The first kappa shape index (κ1) is 24.4. The van der Waals surface area contributed by atoms with E-state index in [0.717, 1.165) is 18.7 Å². The van der Waals surface area contributed by atoms with Crippen molar-refractivity contribution in [2.24, 2.45) is 0 Å². The van der Waals surface area contributed by atoms with Crippen molar-refractivity contribution in [3.8, 4) is 17.2 Å². The van der Waals surface area contributed by atoms with Gasteiger partial charge in [-0.3, -0.25) is 9.59 Å². The lowest BCUT2D eigenvalue weighted by atomic mass is 10.00. The smallest absolute Gasteiger partial charge is 0.254 e. The molecule has 1 N–H and O–H groups in total. The highest BCUT2D eigenvalue weighted by molar-refractivity contribution is 5.97. The van der Waals surface area contributed by atoms with Crippen molar-refractivity contribution < 1.29 is 23.8 Å². The van der Waals surface area contributed by atoms with Crippen LogP contribution in [0.2, 0.25) is 0 Å². The number of benzene rings is 2. The summed E-state index contributed by atoms with van der Waals surface area (Å²) >= 11 is 0. The van der Waals surface area contributed by atoms with Crippen molar-refractivity contribution in [2.45, 2.75) is 12.8 Å². The van der Waals surface area contributed by atoms with Crippen LogP contribution in [0.5, 0.6) is 17.2 Å². The molecule has 2 amide bonds. The van der Waals surface area contributed by atoms with Gasteiger partial charge in [-0.05, 0) is 23.6 Å². The fourth-order valence-corrected chi connectivity index (χ4v) is 4.00. The van der Waals surface area contributed by atoms with Crippen molar-refractivity contribution in [1.82, 2.24) is 15.1 Å². The van der Waals surface area contributed by atoms with Crippen LogP contribution >= 0.6 is 0 Å². The lowest BCUT2D eigenvalue weighted by molar-refractivity contribution is -0.132. The number of carbonyl (C=O) groups is 2. The summed E-state index contributed by atoms with van der Waals surface area (Å²) in [5.41, 5.74) is 1.48. The van der Waals surface area contributed by atoms with Crippen molar-refractivity contribution in [2.75, 3.05) is 60.6 Å². The summed E-state index contributed by atoms with van der Waals surface area (Å²) in [6.07, 6.45) is 0. The van der Waals surface area contributed by atoms with Gasteiger partial charge in [0, 0.05) is 38.3 Å². The van der Waals surface area contributed by atoms with Crippen molar-refractivity contribution >= 4 is 11.8 Å². The Morgan fingerprint density at radius 2 is 1.61 bits per heavy atom. The molecule has 1 atom stereocenters. The van der Waals surface area contributed by atoms with Gasteiger partial charge >= 0.3 is 0 Å². The minimum atomic E-state index is -0.263. The van der Waals surface area contributed by atoms with E-state index in [2.05, 4.69) is 12.2 Å². The van der Waals surface area contributed by atoms with E-state index in [1.165, 1.54) is 21.3 Å². The van der Waals surface area contributed by atoms with Crippen LogP contribution in [0.25, 0.3) is 0 Å². The number of rotatable bonds is 9. The number of amides is 2. The minimum absolute atomic E-state index is 0.00661. The van der Waals surface area contributed by atoms with Crippen LogP contribution < -0.4 is 19.5 Å². The van der Waals surface area contributed by atoms with Gasteiger partial charge in [-0.2, -0.15) is 0 Å². The number of nitrogens with zero attached hydrogens (tertiary/aromatic N) is 2. The van der Waals surface area contributed by atoms with Crippen molar-refractivity contribution in [1.29, 1.82) is 0 Å². The van der Waals surface area contributed by atoms with Gasteiger partial charge in [-0.1, -0.05) is 37.3 Å². The summed E-state index contributed by atoms with van der Waals surface area (Å²) in [6.45, 7) is 5.25. The highest BCUT2D eigenvalue weighted by Gasteiger charge is 2.27. The lowest BCUT2D eigenvalue weighted by Gasteiger charge is -2.32. The molecule has 1 heterocycles. The van der Waals surface area contributed by atoms with Gasteiger partial charge in [0.25, 0.3) is 5.91 Å². The monoisotopic (exact) mass is 455 g/mol. The van der Waals surface area contributed by atoms with Gasteiger partial charge < -0.3 is 29.3 Å². The molecule has 0 bridgehead atoms. The average Bonchev–Trinajstić information content (AvgIpc) is 2.87. The first-order valence-corrected chi connectivity index (χ1v) is 11.1. The normalized spacial score (nSPS) is 14.4. The molecule has 0 unspecified atom stereocenters. The second-order valence-electron chi connectivity index (χ2n) is 8.04. The SMILES string of the molecule is COc1cc(C(=O)N(CC(=O)N2CCNCC2)C[C@H](C)c2ccccc2)cc(OC)c1OC. The summed E-state index contributed by atoms with van der Waals surface area (Å²) < 4.78 is 16.2. The molecule has 8 nitrogen and oxygen atoms in total. The van der Waals surface area contributed by atoms with Crippen LogP contribution in [-0.4, -0.2) is 82.2 Å². The molecule has 2 aromatic rings. The van der Waals surface area contributed by atoms with E-state index in [1.54, 1.807) is 21.9 Å². The first-order valence-electron chi connectivity index (χ1n) is 11.1. The van der Waals surface area contributed by atoms with Crippen LogP contribution in [0.1, 0.15) is 28.8 Å². The predicted molar refractivity (Wildman–Crippen MR) is 126 cm³/mol. The maximum atomic E-state index is 13.7. The molecular weight excluding hydrogens is 422 g/mol. The van der Waals surface area contributed by atoms with E-state index >= 15 is 0 Å². The lowest BCUT2D eigenvalue weighted by Crippen LogP contribution is -2.50. The van der Waals surface area contributed by atoms with Crippen LogP contribution in [0.15, 0.2) is 42.5 Å². The van der Waals surface area contributed by atoms with Crippen LogP contribution in [0, 0.1) is 0 Å². The quantitative estimate of drug-likeness (QED) is 0.626. The molecule has 1 aliphatic rings. The molecule has 0 aliphatic carbocycles. The van der Waals surface area contributed by atoms with Crippen molar-refractivity contribution in [3.05, 3.63) is 53.6 Å². The molecule has 1 fully saturated rings. The van der Waals surface area contributed by atoms with E-state index in [-0.39, 0.29) is 24.3 Å². The zero-order valence-electron chi connectivity index (χ0n) is 19.8. The van der Waals surface area contributed by atoms with Crippen LogP contribution in [0.3, 0.4) is 0 Å². The Bertz CT molecular complexity index is 919. The molecular formula is C25H33N3O5. The first-order chi connectivity index (χ1) is 16.0.